The fourth-order valence-electron chi connectivity index (χ4n) is 2.04. The van der Waals surface area contributed by atoms with E-state index in [9.17, 15) is 9.90 Å². The summed E-state index contributed by atoms with van der Waals surface area (Å²) in [6, 6.07) is 3.01. The first-order chi connectivity index (χ1) is 10.3. The molecule has 0 bridgehead atoms. The Morgan fingerprint density at radius 2 is 2.14 bits per heavy atom. The second kappa shape index (κ2) is 6.23. The Labute approximate surface area is 128 Å². The minimum absolute atomic E-state index is 0.0115. The van der Waals surface area contributed by atoms with Gasteiger partial charge < -0.3 is 24.7 Å². The number of rotatable bonds is 5. The molecule has 1 atom stereocenters. The molecule has 120 valence electrons. The number of aromatic nitrogens is 1. The van der Waals surface area contributed by atoms with E-state index < -0.39 is 11.6 Å². The van der Waals surface area contributed by atoms with Gasteiger partial charge in [0.25, 0.3) is 0 Å². The number of carbonyl (C=O) groups is 1. The Morgan fingerprint density at radius 1 is 1.41 bits per heavy atom. The number of hydrogen-bond donors (Lipinski definition) is 3. The van der Waals surface area contributed by atoms with Crippen molar-refractivity contribution >= 4 is 11.7 Å². The van der Waals surface area contributed by atoms with Crippen LogP contribution in [-0.4, -0.2) is 22.8 Å². The van der Waals surface area contributed by atoms with E-state index in [0.717, 1.165) is 0 Å². The second-order valence-electron chi connectivity index (χ2n) is 5.41. The van der Waals surface area contributed by atoms with Crippen molar-refractivity contribution in [1.82, 2.24) is 10.5 Å². The van der Waals surface area contributed by atoms with Crippen LogP contribution in [0.4, 0.5) is 10.5 Å². The molecule has 0 fully saturated rings. The zero-order valence-electron chi connectivity index (χ0n) is 13.2. The maximum absolute atomic E-state index is 12.0. The Morgan fingerprint density at radius 3 is 2.73 bits per heavy atom. The highest BCUT2D eigenvalue weighted by atomic mass is 16.5. The Hall–Kier alpha value is -2.28. The van der Waals surface area contributed by atoms with Crippen molar-refractivity contribution < 1.29 is 18.8 Å². The molecule has 7 heteroatoms. The van der Waals surface area contributed by atoms with E-state index in [2.05, 4.69) is 15.8 Å². The summed E-state index contributed by atoms with van der Waals surface area (Å²) in [4.78, 5) is 12.0. The van der Waals surface area contributed by atoms with Crippen LogP contribution < -0.4 is 10.6 Å². The van der Waals surface area contributed by atoms with E-state index in [1.54, 1.807) is 32.9 Å². The lowest BCUT2D eigenvalue weighted by Gasteiger charge is -2.21. The average Bonchev–Trinajstić information content (AvgIpc) is 3.05. The van der Waals surface area contributed by atoms with Gasteiger partial charge in [-0.25, -0.2) is 4.79 Å². The first-order valence-electron chi connectivity index (χ1n) is 7.12. The van der Waals surface area contributed by atoms with Gasteiger partial charge in [-0.15, -0.1) is 0 Å². The molecule has 0 saturated heterocycles. The Kier molecular flexibility index (Phi) is 4.56. The molecule has 2 amide bonds. The molecular weight excluding hydrogens is 286 g/mol. The van der Waals surface area contributed by atoms with Crippen molar-refractivity contribution in [2.45, 2.75) is 39.7 Å². The third-order valence-corrected chi connectivity index (χ3v) is 3.37. The first-order valence-corrected chi connectivity index (χ1v) is 7.12. The molecule has 0 radical (unpaired) electrons. The van der Waals surface area contributed by atoms with E-state index >= 15 is 0 Å². The van der Waals surface area contributed by atoms with Gasteiger partial charge in [-0.3, -0.25) is 0 Å². The average molecular weight is 307 g/mol. The van der Waals surface area contributed by atoms with E-state index in [0.29, 0.717) is 35.1 Å². The largest absolute Gasteiger partial charge is 0.463 e. The van der Waals surface area contributed by atoms with E-state index in [1.165, 1.54) is 0 Å². The Balaban J connectivity index is 1.96. The number of urea groups is 1. The highest BCUT2D eigenvalue weighted by Gasteiger charge is 2.27. The minimum Gasteiger partial charge on any atom is -0.463 e. The van der Waals surface area contributed by atoms with Crippen LogP contribution in [0.3, 0.4) is 0 Å². The topological polar surface area (TPSA) is 101 Å². The molecule has 0 aliphatic rings. The number of hydrogen-bond acceptors (Lipinski definition) is 5. The SMILES string of the molecule is CCc1noc(C)c1NC(=O)NCC(C)(O)c1ccc(C)o1. The van der Waals surface area contributed by atoms with Gasteiger partial charge in [0.1, 0.15) is 28.5 Å². The minimum atomic E-state index is -1.29. The predicted octanol–water partition coefficient (Wildman–Crippen LogP) is 2.48. The summed E-state index contributed by atoms with van der Waals surface area (Å²) in [6.07, 6.45) is 0.649. The third kappa shape index (κ3) is 3.48. The number of anilines is 1. The molecule has 0 saturated carbocycles. The van der Waals surface area contributed by atoms with E-state index in [1.807, 2.05) is 6.92 Å². The number of nitrogens with zero attached hydrogens (tertiary/aromatic N) is 1. The smallest absolute Gasteiger partial charge is 0.319 e. The van der Waals surface area contributed by atoms with Crippen LogP contribution in [0.5, 0.6) is 0 Å². The molecule has 0 aromatic carbocycles. The maximum atomic E-state index is 12.0. The van der Waals surface area contributed by atoms with Gasteiger partial charge in [-0.1, -0.05) is 12.1 Å². The highest BCUT2D eigenvalue weighted by Crippen LogP contribution is 2.23. The van der Waals surface area contributed by atoms with Crippen LogP contribution in [0.1, 0.15) is 36.8 Å². The standard InChI is InChI=1S/C15H21N3O4/c1-5-11-13(10(3)22-18-11)17-14(19)16-8-15(4,20)12-7-6-9(2)21-12/h6-7,20H,5,8H2,1-4H3,(H2,16,17,19). The third-order valence-electron chi connectivity index (χ3n) is 3.37. The second-order valence-corrected chi connectivity index (χ2v) is 5.41. The molecule has 2 aromatic rings. The van der Waals surface area contributed by atoms with Crippen LogP contribution in [0.15, 0.2) is 21.1 Å². The van der Waals surface area contributed by atoms with Crippen LogP contribution in [0.25, 0.3) is 0 Å². The summed E-state index contributed by atoms with van der Waals surface area (Å²) in [5.74, 6) is 1.65. The molecule has 7 nitrogen and oxygen atoms in total. The van der Waals surface area contributed by atoms with Crippen molar-refractivity contribution in [3.63, 3.8) is 0 Å². The number of aryl methyl sites for hydroxylation is 3. The summed E-state index contributed by atoms with van der Waals surface area (Å²) >= 11 is 0. The number of aliphatic hydroxyl groups is 1. The molecule has 2 rings (SSSR count). The quantitative estimate of drug-likeness (QED) is 0.788. The number of nitrogens with one attached hydrogen (secondary N) is 2. The molecule has 0 spiro atoms. The highest BCUT2D eigenvalue weighted by molar-refractivity contribution is 5.90. The van der Waals surface area contributed by atoms with Gasteiger partial charge in [0.15, 0.2) is 5.76 Å². The van der Waals surface area contributed by atoms with Gasteiger partial charge in [-0.2, -0.15) is 0 Å². The molecule has 2 aromatic heterocycles. The molecule has 0 aliphatic heterocycles. The van der Waals surface area contributed by atoms with E-state index in [4.69, 9.17) is 8.94 Å². The van der Waals surface area contributed by atoms with Crippen LogP contribution in [-0.2, 0) is 12.0 Å². The first kappa shape index (κ1) is 16.1. The van der Waals surface area contributed by atoms with Crippen molar-refractivity contribution in [2.24, 2.45) is 0 Å². The van der Waals surface area contributed by atoms with Gasteiger partial charge in [0.05, 0.1) is 6.54 Å². The monoisotopic (exact) mass is 307 g/mol. The lowest BCUT2D eigenvalue weighted by atomic mass is 10.0. The molecular formula is C15H21N3O4. The van der Waals surface area contributed by atoms with E-state index in [-0.39, 0.29) is 6.54 Å². The summed E-state index contributed by atoms with van der Waals surface area (Å²) in [6.45, 7) is 7.03. The molecule has 3 N–H and O–H groups in total. The fraction of sp³-hybridized carbons (Fsp3) is 0.467. The number of amides is 2. The maximum Gasteiger partial charge on any atom is 0.319 e. The summed E-state index contributed by atoms with van der Waals surface area (Å²) in [5, 5.41) is 19.5. The van der Waals surface area contributed by atoms with Crippen LogP contribution in [0, 0.1) is 13.8 Å². The summed E-state index contributed by atoms with van der Waals surface area (Å²) < 4.78 is 10.4. The van der Waals surface area contributed by atoms with Crippen molar-refractivity contribution in [1.29, 1.82) is 0 Å². The van der Waals surface area contributed by atoms with Crippen molar-refractivity contribution in [3.8, 4) is 0 Å². The number of carbonyl (C=O) groups excluding carboxylic acids is 1. The molecule has 0 aliphatic carbocycles. The van der Waals surface area contributed by atoms with Crippen molar-refractivity contribution in [2.75, 3.05) is 11.9 Å². The molecule has 2 heterocycles. The lowest BCUT2D eigenvalue weighted by molar-refractivity contribution is 0.0364. The van der Waals surface area contributed by atoms with Gasteiger partial charge in [-0.05, 0) is 39.3 Å². The zero-order valence-corrected chi connectivity index (χ0v) is 13.2. The summed E-state index contributed by atoms with van der Waals surface area (Å²) in [7, 11) is 0. The van der Waals surface area contributed by atoms with Crippen LogP contribution >= 0.6 is 0 Å². The van der Waals surface area contributed by atoms with Gasteiger partial charge in [0.2, 0.25) is 0 Å². The van der Waals surface area contributed by atoms with Crippen molar-refractivity contribution in [3.05, 3.63) is 35.1 Å². The van der Waals surface area contributed by atoms with Crippen LogP contribution in [0.2, 0.25) is 0 Å². The normalized spacial score (nSPS) is 13.7. The zero-order chi connectivity index (χ0) is 16.3. The predicted molar refractivity (Wildman–Crippen MR) is 80.7 cm³/mol. The Bertz CT molecular complexity index is 658. The van der Waals surface area contributed by atoms with Gasteiger partial charge >= 0.3 is 6.03 Å². The molecule has 22 heavy (non-hydrogen) atoms. The molecule has 1 unspecified atom stereocenters. The lowest BCUT2D eigenvalue weighted by Crippen LogP contribution is -2.40. The fourth-order valence-corrected chi connectivity index (χ4v) is 2.04. The number of furan rings is 1. The van der Waals surface area contributed by atoms with Gasteiger partial charge in [0, 0.05) is 0 Å². The summed E-state index contributed by atoms with van der Waals surface area (Å²) in [5.41, 5.74) is -0.0439.